The Morgan fingerprint density at radius 3 is 2.35 bits per heavy atom. The van der Waals surface area contributed by atoms with Crippen molar-refractivity contribution in [3.05, 3.63) is 28.7 Å². The third-order valence-corrected chi connectivity index (χ3v) is 4.05. The van der Waals surface area contributed by atoms with Crippen molar-refractivity contribution in [2.24, 2.45) is 0 Å². The standard InChI is InChI=1S/C10H14BrNO4S/c1-10(14,7-13)6-12-17(15,16)9-4-2-8(11)3-5-9/h2-5,12-14H,6-7H2,1H3. The summed E-state index contributed by atoms with van der Waals surface area (Å²) in [7, 11) is -3.66. The van der Waals surface area contributed by atoms with Gasteiger partial charge in [-0.15, -0.1) is 0 Å². The van der Waals surface area contributed by atoms with Crippen LogP contribution >= 0.6 is 15.9 Å². The van der Waals surface area contributed by atoms with Gasteiger partial charge in [0.2, 0.25) is 10.0 Å². The van der Waals surface area contributed by atoms with E-state index in [1.807, 2.05) is 0 Å². The Kier molecular flexibility index (Phi) is 4.68. The molecule has 1 rings (SSSR count). The maximum atomic E-state index is 11.8. The Hall–Kier alpha value is -0.470. The molecule has 0 aromatic heterocycles. The summed E-state index contributed by atoms with van der Waals surface area (Å²) in [4.78, 5) is 0.106. The minimum absolute atomic E-state index is 0.106. The van der Waals surface area contributed by atoms with Gasteiger partial charge in [-0.3, -0.25) is 0 Å². The van der Waals surface area contributed by atoms with Crippen LogP contribution in [-0.2, 0) is 10.0 Å². The lowest BCUT2D eigenvalue weighted by molar-refractivity contribution is 0.00681. The number of aliphatic hydroxyl groups is 2. The zero-order valence-electron chi connectivity index (χ0n) is 9.22. The molecule has 0 saturated carbocycles. The highest BCUT2D eigenvalue weighted by Crippen LogP contribution is 2.14. The van der Waals surface area contributed by atoms with Gasteiger partial charge in [0.25, 0.3) is 0 Å². The van der Waals surface area contributed by atoms with Gasteiger partial charge in [-0.2, -0.15) is 0 Å². The summed E-state index contributed by atoms with van der Waals surface area (Å²) < 4.78 is 26.6. The van der Waals surface area contributed by atoms with E-state index < -0.39 is 22.2 Å². The van der Waals surface area contributed by atoms with Crippen molar-refractivity contribution < 1.29 is 18.6 Å². The van der Waals surface area contributed by atoms with Crippen LogP contribution in [0.1, 0.15) is 6.92 Å². The van der Waals surface area contributed by atoms with Gasteiger partial charge in [0, 0.05) is 11.0 Å². The molecule has 0 radical (unpaired) electrons. The van der Waals surface area contributed by atoms with Gasteiger partial charge in [0.05, 0.1) is 17.1 Å². The number of aliphatic hydroxyl groups excluding tert-OH is 1. The molecule has 96 valence electrons. The van der Waals surface area contributed by atoms with Gasteiger partial charge in [-0.05, 0) is 31.2 Å². The molecule has 0 bridgehead atoms. The number of hydrogen-bond donors (Lipinski definition) is 3. The van der Waals surface area contributed by atoms with Crippen LogP contribution in [0.15, 0.2) is 33.6 Å². The molecule has 17 heavy (non-hydrogen) atoms. The molecule has 1 unspecified atom stereocenters. The maximum absolute atomic E-state index is 11.8. The number of benzene rings is 1. The quantitative estimate of drug-likeness (QED) is 0.735. The molecular formula is C10H14BrNO4S. The Bertz CT molecular complexity index is 470. The maximum Gasteiger partial charge on any atom is 0.240 e. The Morgan fingerprint density at radius 2 is 1.88 bits per heavy atom. The van der Waals surface area contributed by atoms with E-state index in [1.165, 1.54) is 19.1 Å². The van der Waals surface area contributed by atoms with Crippen LogP contribution in [0.5, 0.6) is 0 Å². The van der Waals surface area contributed by atoms with Gasteiger partial charge < -0.3 is 10.2 Å². The lowest BCUT2D eigenvalue weighted by Crippen LogP contribution is -2.43. The third kappa shape index (κ3) is 4.36. The second-order valence-electron chi connectivity index (χ2n) is 3.93. The number of rotatable bonds is 5. The summed E-state index contributed by atoms with van der Waals surface area (Å²) in [5.41, 5.74) is -1.47. The lowest BCUT2D eigenvalue weighted by Gasteiger charge is -2.20. The number of sulfonamides is 1. The first-order chi connectivity index (χ1) is 7.77. The first-order valence-corrected chi connectivity index (χ1v) is 7.13. The predicted octanol–water partition coefficient (Wildman–Crippen LogP) is 0.471. The van der Waals surface area contributed by atoms with Crippen LogP contribution in [0.3, 0.4) is 0 Å². The second kappa shape index (κ2) is 5.45. The summed E-state index contributed by atoms with van der Waals surface area (Å²) in [5.74, 6) is 0. The summed E-state index contributed by atoms with van der Waals surface area (Å²) in [6.45, 7) is 0.578. The summed E-state index contributed by atoms with van der Waals surface area (Å²) >= 11 is 3.21. The summed E-state index contributed by atoms with van der Waals surface area (Å²) in [6, 6.07) is 6.11. The molecule has 1 aromatic rings. The Morgan fingerprint density at radius 1 is 1.35 bits per heavy atom. The van der Waals surface area contributed by atoms with E-state index in [1.54, 1.807) is 12.1 Å². The first-order valence-electron chi connectivity index (χ1n) is 4.85. The smallest absolute Gasteiger partial charge is 0.240 e. The normalized spacial score (nSPS) is 15.5. The fourth-order valence-corrected chi connectivity index (χ4v) is 2.43. The van der Waals surface area contributed by atoms with Crippen molar-refractivity contribution in [2.75, 3.05) is 13.2 Å². The van der Waals surface area contributed by atoms with Crippen molar-refractivity contribution in [2.45, 2.75) is 17.4 Å². The van der Waals surface area contributed by atoms with Crippen molar-refractivity contribution >= 4 is 26.0 Å². The van der Waals surface area contributed by atoms with Crippen molar-refractivity contribution in [3.8, 4) is 0 Å². The topological polar surface area (TPSA) is 86.6 Å². The number of hydrogen-bond acceptors (Lipinski definition) is 4. The molecule has 1 aromatic carbocycles. The molecular weight excluding hydrogens is 310 g/mol. The Balaban J connectivity index is 2.79. The van der Waals surface area contributed by atoms with E-state index in [0.717, 1.165) is 4.47 Å². The lowest BCUT2D eigenvalue weighted by atomic mass is 10.1. The van der Waals surface area contributed by atoms with Gasteiger partial charge in [0.1, 0.15) is 0 Å². The molecule has 0 saturated heterocycles. The molecule has 1 atom stereocenters. The third-order valence-electron chi connectivity index (χ3n) is 2.11. The summed E-state index contributed by atoms with van der Waals surface area (Å²) in [5, 5.41) is 18.3. The van der Waals surface area contributed by atoms with Crippen molar-refractivity contribution in [1.82, 2.24) is 4.72 Å². The van der Waals surface area contributed by atoms with E-state index in [4.69, 9.17) is 5.11 Å². The highest BCUT2D eigenvalue weighted by atomic mass is 79.9. The molecule has 3 N–H and O–H groups in total. The average molecular weight is 324 g/mol. The average Bonchev–Trinajstić information content (AvgIpc) is 2.27. The van der Waals surface area contributed by atoms with Crippen molar-refractivity contribution in [3.63, 3.8) is 0 Å². The zero-order valence-corrected chi connectivity index (χ0v) is 11.6. The van der Waals surface area contributed by atoms with Crippen LogP contribution in [0.4, 0.5) is 0 Å². The van der Waals surface area contributed by atoms with Crippen LogP contribution in [0.2, 0.25) is 0 Å². The fraction of sp³-hybridized carbons (Fsp3) is 0.400. The van der Waals surface area contributed by atoms with Gasteiger partial charge in [-0.25, -0.2) is 13.1 Å². The van der Waals surface area contributed by atoms with Crippen molar-refractivity contribution in [1.29, 1.82) is 0 Å². The number of halogens is 1. The molecule has 0 spiro atoms. The van der Waals surface area contributed by atoms with Crippen LogP contribution in [-0.4, -0.2) is 37.4 Å². The molecule has 5 nitrogen and oxygen atoms in total. The van der Waals surface area contributed by atoms with E-state index in [-0.39, 0.29) is 11.4 Å². The highest BCUT2D eigenvalue weighted by Gasteiger charge is 2.23. The molecule has 0 aliphatic carbocycles. The minimum Gasteiger partial charge on any atom is -0.393 e. The zero-order chi connectivity index (χ0) is 13.1. The van der Waals surface area contributed by atoms with Gasteiger partial charge in [0.15, 0.2) is 0 Å². The molecule has 0 fully saturated rings. The summed E-state index contributed by atoms with van der Waals surface area (Å²) in [6.07, 6.45) is 0. The van der Waals surface area contributed by atoms with Gasteiger partial charge >= 0.3 is 0 Å². The monoisotopic (exact) mass is 323 g/mol. The van der Waals surface area contributed by atoms with E-state index in [0.29, 0.717) is 0 Å². The Labute approximate surface area is 109 Å². The van der Waals surface area contributed by atoms with Crippen LogP contribution < -0.4 is 4.72 Å². The largest absolute Gasteiger partial charge is 0.393 e. The molecule has 0 aliphatic heterocycles. The van der Waals surface area contributed by atoms with E-state index in [9.17, 15) is 13.5 Å². The molecule has 7 heteroatoms. The molecule has 0 heterocycles. The van der Waals surface area contributed by atoms with E-state index >= 15 is 0 Å². The SMILES string of the molecule is CC(O)(CO)CNS(=O)(=O)c1ccc(Br)cc1. The van der Waals surface area contributed by atoms with E-state index in [2.05, 4.69) is 20.7 Å². The highest BCUT2D eigenvalue weighted by molar-refractivity contribution is 9.10. The second-order valence-corrected chi connectivity index (χ2v) is 6.62. The molecule has 0 aliphatic rings. The van der Waals surface area contributed by atoms with Crippen LogP contribution in [0, 0.1) is 0 Å². The first kappa shape index (κ1) is 14.6. The fourth-order valence-electron chi connectivity index (χ4n) is 1.00. The minimum atomic E-state index is -3.66. The molecule has 0 amide bonds. The van der Waals surface area contributed by atoms with Gasteiger partial charge in [-0.1, -0.05) is 15.9 Å². The predicted molar refractivity (Wildman–Crippen MR) is 67.0 cm³/mol. The van der Waals surface area contributed by atoms with Crippen LogP contribution in [0.25, 0.3) is 0 Å². The number of nitrogens with one attached hydrogen (secondary N) is 1.